The van der Waals surface area contributed by atoms with Gasteiger partial charge in [0.15, 0.2) is 0 Å². The van der Waals surface area contributed by atoms with Crippen LogP contribution in [0.4, 0.5) is 0 Å². The molecule has 0 spiro atoms. The molecule has 17 heteroatoms. The fourth-order valence-corrected chi connectivity index (χ4v) is 15.1. The third-order valence-electron chi connectivity index (χ3n) is 14.6. The van der Waals surface area contributed by atoms with Crippen LogP contribution in [-0.4, -0.2) is 97.4 Å². The van der Waals surface area contributed by atoms with Gasteiger partial charge in [-0.05, 0) is 112 Å². The summed E-state index contributed by atoms with van der Waals surface area (Å²) < 4.78 is 54.8. The Labute approximate surface area is 376 Å². The molecule has 0 aliphatic carbocycles. The van der Waals surface area contributed by atoms with E-state index < -0.39 is 15.1 Å². The molecule has 7 rings (SSSR count). The Hall–Kier alpha value is 2.01. The van der Waals surface area contributed by atoms with Crippen LogP contribution in [0.1, 0.15) is 111 Å². The zero-order chi connectivity index (χ0) is 42.8. The van der Waals surface area contributed by atoms with Gasteiger partial charge < -0.3 is 37.5 Å². The Morgan fingerprint density at radius 2 is 1.42 bits per heavy atom. The molecule has 13 unspecified atom stereocenters. The summed E-state index contributed by atoms with van der Waals surface area (Å²) in [5.41, 5.74) is 3.45. The van der Waals surface area contributed by atoms with Gasteiger partial charge in [-0.25, -0.2) is 0 Å². The molecule has 9 nitrogen and oxygen atoms in total. The van der Waals surface area contributed by atoms with E-state index in [9.17, 15) is 4.79 Å². The van der Waals surface area contributed by atoms with Crippen molar-refractivity contribution in [2.75, 3.05) is 6.16 Å². The van der Waals surface area contributed by atoms with E-state index in [4.69, 9.17) is 37.5 Å². The Kier molecular flexibility index (Phi) is 19.0. The first-order valence-electron chi connectivity index (χ1n) is 22.5. The summed E-state index contributed by atoms with van der Waals surface area (Å²) in [4.78, 5) is 14.3. The van der Waals surface area contributed by atoms with Crippen LogP contribution in [-0.2, 0) is 42.3 Å². The Morgan fingerprint density at radius 1 is 0.733 bits per heavy atom. The van der Waals surface area contributed by atoms with Crippen molar-refractivity contribution in [3.8, 4) is 0 Å². The van der Waals surface area contributed by atoms with Crippen LogP contribution in [0, 0.1) is 23.7 Å². The molecule has 7 aliphatic heterocycles. The summed E-state index contributed by atoms with van der Waals surface area (Å²) in [5.74, 6) is 1.51. The average molecular weight is 983 g/mol. The van der Waals surface area contributed by atoms with Gasteiger partial charge in [0.05, 0.1) is 70.0 Å². The summed E-state index contributed by atoms with van der Waals surface area (Å²) in [7, 11) is 13.2. The summed E-state index contributed by atoms with van der Waals surface area (Å²) in [6, 6.07) is 0. The minimum absolute atomic E-state index is 0.0326. The molecule has 340 valence electrons. The van der Waals surface area contributed by atoms with E-state index in [-0.39, 0.29) is 103 Å². The van der Waals surface area contributed by atoms with Crippen molar-refractivity contribution in [3.63, 3.8) is 0 Å². The first-order chi connectivity index (χ1) is 28.7. The van der Waals surface area contributed by atoms with Crippen LogP contribution < -0.4 is 0 Å². The number of carbonyl (C=O) groups excluding carboxylic acids is 1. The normalized spacial score (nSPS) is 43.9. The standard InChI is InChI=1S/C43H74O9P8/c1-22-7-8-29-18-25(4)33(45-29)11-9-30-17-24(3)26(5)36(46-30)21-37-32(27(6)35(48-37)15-23(2)13-14-58-53)20-28(44)19-31-10-12-34-39(47-31)43(52-60(56)57)42-41(49-34)40(51-59(54)55)38(16-22)50-42/h23-24,27,29-43,58H,1,4-5,7-21,53-57H2,2-3,6H3/t23?,24-,27-,29?,30+,31?,32?,33?,34+,35-,36?,37+,38-,39+,40+,41+,42?,43+/m1/s1. The van der Waals surface area contributed by atoms with Crippen LogP contribution in [0.3, 0.4) is 0 Å². The first kappa shape index (κ1) is 49.9. The molecule has 0 N–H and O–H groups in total. The molecule has 60 heavy (non-hydrogen) atoms. The molecule has 0 amide bonds. The second-order valence-corrected chi connectivity index (χ2v) is 32.8. The van der Waals surface area contributed by atoms with Crippen molar-refractivity contribution in [2.24, 2.45) is 23.7 Å². The number of rotatable bonds is 9. The maximum atomic E-state index is 14.3. The number of carbonyl (C=O) groups is 1. The average Bonchev–Trinajstić information content (AvgIpc) is 3.81. The van der Waals surface area contributed by atoms with Gasteiger partial charge in [-0.2, -0.15) is 0 Å². The lowest BCUT2D eigenvalue weighted by Gasteiger charge is -2.48. The minimum atomic E-state index is -0.901. The Balaban J connectivity index is 1.14. The van der Waals surface area contributed by atoms with Crippen LogP contribution >= 0.6 is 68.0 Å². The van der Waals surface area contributed by atoms with E-state index in [1.54, 1.807) is 0 Å². The molecule has 0 aromatic heterocycles. The number of ether oxygens (including phenoxy) is 6. The van der Waals surface area contributed by atoms with E-state index in [0.717, 1.165) is 83.6 Å². The lowest BCUT2D eigenvalue weighted by atomic mass is 9.78. The van der Waals surface area contributed by atoms with Crippen molar-refractivity contribution in [2.45, 2.75) is 196 Å². The zero-order valence-corrected chi connectivity index (χ0v) is 44.6. The minimum Gasteiger partial charge on any atom is -0.374 e. The predicted molar refractivity (Wildman–Crippen MR) is 265 cm³/mol. The molecule has 7 heterocycles. The van der Waals surface area contributed by atoms with E-state index in [1.807, 2.05) is 0 Å². The van der Waals surface area contributed by atoms with Crippen LogP contribution in [0.25, 0.3) is 0 Å². The van der Waals surface area contributed by atoms with Crippen molar-refractivity contribution in [1.29, 1.82) is 0 Å². The van der Waals surface area contributed by atoms with Crippen molar-refractivity contribution in [1.82, 2.24) is 0 Å². The third-order valence-corrected chi connectivity index (χ3v) is 18.4. The number of fused-ring (bicyclic) bond motifs is 7. The molecule has 8 bridgehead atoms. The second-order valence-electron chi connectivity index (χ2n) is 19.1. The molecule has 7 aliphatic rings. The fraction of sp³-hybridized carbons (Fsp3) is 0.837. The predicted octanol–water partition coefficient (Wildman–Crippen LogP) is 11.0. The van der Waals surface area contributed by atoms with Crippen LogP contribution in [0.15, 0.2) is 36.5 Å². The van der Waals surface area contributed by atoms with Gasteiger partial charge in [0.2, 0.25) is 0 Å². The SMILES string of the molecule is C=C1CCC2CC(=C)C(CC[C@H]3C[C@@H](C)C(=C)C(C[C@@H]4O[C@H](CC(C)CCPP)[C@H](C)C4CC(=O)CC4CC[C@@H]5O[C@@H]6C(O[C@H](C1)[C@@H]6OP(P)P)[C@@H](OP(P)P)[C@H]5O4)O3)O2. The van der Waals surface area contributed by atoms with E-state index in [2.05, 4.69) is 85.2 Å². The van der Waals surface area contributed by atoms with Gasteiger partial charge in [0, 0.05) is 19.3 Å². The highest BCUT2D eigenvalue weighted by atomic mass is 32.4. The van der Waals surface area contributed by atoms with Crippen molar-refractivity contribution in [3.05, 3.63) is 36.5 Å². The van der Waals surface area contributed by atoms with Gasteiger partial charge in [0.1, 0.15) is 36.3 Å². The number of hydrogen-bond acceptors (Lipinski definition) is 9. The molecule has 0 aromatic rings. The van der Waals surface area contributed by atoms with E-state index in [0.29, 0.717) is 31.1 Å². The Morgan fingerprint density at radius 3 is 2.17 bits per heavy atom. The molecule has 0 aromatic carbocycles. The summed E-state index contributed by atoms with van der Waals surface area (Å²) in [6.07, 6.45) is 10.5. The highest BCUT2D eigenvalue weighted by Crippen LogP contribution is 2.60. The molecule has 7 fully saturated rings. The van der Waals surface area contributed by atoms with E-state index in [1.165, 1.54) is 18.2 Å². The molecular formula is C43H74O9P8. The van der Waals surface area contributed by atoms with Crippen LogP contribution in [0.2, 0.25) is 0 Å². The van der Waals surface area contributed by atoms with E-state index >= 15 is 0 Å². The van der Waals surface area contributed by atoms with Crippen molar-refractivity contribution >= 4 is 73.7 Å². The van der Waals surface area contributed by atoms with Gasteiger partial charge in [0.25, 0.3) is 0 Å². The first-order valence-corrected chi connectivity index (χ1v) is 34.5. The zero-order valence-electron chi connectivity index (χ0n) is 36.1. The lowest BCUT2D eigenvalue weighted by Crippen LogP contribution is -2.61. The smallest absolute Gasteiger partial charge is 0.135 e. The van der Waals surface area contributed by atoms with Gasteiger partial charge in [-0.1, -0.05) is 81.8 Å². The number of Topliss-reactive ketones (excluding diaryl/α,β-unsaturated/α-hetero) is 1. The molecule has 0 saturated carbocycles. The maximum Gasteiger partial charge on any atom is 0.135 e. The topological polar surface area (TPSA) is 90.9 Å². The summed E-state index contributed by atoms with van der Waals surface area (Å²) in [6.45, 7) is 20.5. The molecule has 24 atom stereocenters. The highest BCUT2D eigenvalue weighted by Gasteiger charge is 2.59. The van der Waals surface area contributed by atoms with Gasteiger partial charge in [-0.15, -0.1) is 17.2 Å². The fourth-order valence-electron chi connectivity index (χ4n) is 11.2. The summed E-state index contributed by atoms with van der Waals surface area (Å²) in [5, 5.41) is 0. The van der Waals surface area contributed by atoms with Gasteiger partial charge >= 0.3 is 0 Å². The molecular weight excluding hydrogens is 908 g/mol. The number of hydrogen-bond donors (Lipinski definition) is 0. The third kappa shape index (κ3) is 12.6. The largest absolute Gasteiger partial charge is 0.374 e. The summed E-state index contributed by atoms with van der Waals surface area (Å²) >= 11 is 0. The quantitative estimate of drug-likeness (QED) is 0.165. The second kappa shape index (κ2) is 22.9. The molecule has 0 radical (unpaired) electrons. The highest BCUT2D eigenvalue weighted by molar-refractivity contribution is 8.41. The lowest BCUT2D eigenvalue weighted by molar-refractivity contribution is -0.251. The van der Waals surface area contributed by atoms with Crippen molar-refractivity contribution < 1.29 is 42.3 Å². The number of ketones is 1. The van der Waals surface area contributed by atoms with Crippen LogP contribution in [0.5, 0.6) is 0 Å². The monoisotopic (exact) mass is 982 g/mol. The Bertz CT molecular complexity index is 1510. The maximum absolute atomic E-state index is 14.3. The van der Waals surface area contributed by atoms with Gasteiger partial charge in [-0.3, -0.25) is 4.79 Å². The molecule has 7 saturated heterocycles.